The summed E-state index contributed by atoms with van der Waals surface area (Å²) in [4.78, 5) is 6.44. The monoisotopic (exact) mass is 254 g/mol. The van der Waals surface area contributed by atoms with E-state index >= 15 is 0 Å². The molecule has 0 amide bonds. The molecule has 5 nitrogen and oxygen atoms in total. The fourth-order valence-electron chi connectivity index (χ4n) is 1.88. The maximum atomic E-state index is 5.37. The Morgan fingerprint density at radius 3 is 2.61 bits per heavy atom. The van der Waals surface area contributed by atoms with Crippen molar-refractivity contribution in [3.05, 3.63) is 5.89 Å². The van der Waals surface area contributed by atoms with Gasteiger partial charge in [0.2, 0.25) is 5.89 Å². The Bertz CT molecular complexity index is 339. The fraction of sp³-hybridized carbons (Fsp3) is 0.846. The second-order valence-corrected chi connectivity index (χ2v) is 4.70. The highest BCUT2D eigenvalue weighted by atomic mass is 16.5. The van der Waals surface area contributed by atoms with Gasteiger partial charge in [-0.25, -0.2) is 0 Å². The van der Waals surface area contributed by atoms with Crippen molar-refractivity contribution >= 4 is 5.95 Å². The van der Waals surface area contributed by atoms with Crippen molar-refractivity contribution in [1.29, 1.82) is 0 Å². The van der Waals surface area contributed by atoms with E-state index in [1.165, 1.54) is 0 Å². The molecule has 0 aromatic carbocycles. The largest absolute Gasteiger partial charge is 0.342 e. The number of anilines is 1. The third kappa shape index (κ3) is 3.70. The SMILES string of the molecule is CCCNC(CC)C(C)c1nc(N(C)CC)no1. The van der Waals surface area contributed by atoms with Gasteiger partial charge in [0.05, 0.1) is 5.92 Å². The van der Waals surface area contributed by atoms with Gasteiger partial charge in [0.15, 0.2) is 0 Å². The van der Waals surface area contributed by atoms with E-state index in [4.69, 9.17) is 4.52 Å². The van der Waals surface area contributed by atoms with E-state index in [2.05, 4.69) is 43.2 Å². The number of hydrogen-bond acceptors (Lipinski definition) is 5. The molecule has 0 aliphatic rings. The molecule has 2 atom stereocenters. The number of aromatic nitrogens is 2. The van der Waals surface area contributed by atoms with Crippen molar-refractivity contribution in [2.24, 2.45) is 0 Å². The molecule has 1 heterocycles. The third-order valence-electron chi connectivity index (χ3n) is 3.34. The van der Waals surface area contributed by atoms with Crippen LogP contribution in [0, 0.1) is 0 Å². The van der Waals surface area contributed by atoms with E-state index in [0.29, 0.717) is 12.0 Å². The molecule has 1 rings (SSSR count). The van der Waals surface area contributed by atoms with Crippen LogP contribution in [0.1, 0.15) is 52.3 Å². The van der Waals surface area contributed by atoms with E-state index in [0.717, 1.165) is 31.8 Å². The van der Waals surface area contributed by atoms with Crippen LogP contribution in [0.3, 0.4) is 0 Å². The first-order chi connectivity index (χ1) is 8.63. The summed E-state index contributed by atoms with van der Waals surface area (Å²) in [7, 11) is 1.96. The van der Waals surface area contributed by atoms with Gasteiger partial charge in [-0.15, -0.1) is 0 Å². The molecule has 0 saturated carbocycles. The lowest BCUT2D eigenvalue weighted by Gasteiger charge is -2.20. The normalized spacial score (nSPS) is 14.5. The van der Waals surface area contributed by atoms with Gasteiger partial charge in [-0.05, 0) is 31.5 Å². The van der Waals surface area contributed by atoms with Crippen LogP contribution in [0.5, 0.6) is 0 Å². The maximum Gasteiger partial charge on any atom is 0.265 e. The van der Waals surface area contributed by atoms with Crippen LogP contribution in [-0.4, -0.2) is 36.3 Å². The minimum Gasteiger partial charge on any atom is -0.342 e. The van der Waals surface area contributed by atoms with Gasteiger partial charge in [-0.1, -0.05) is 20.8 Å². The first kappa shape index (κ1) is 15.0. The van der Waals surface area contributed by atoms with Crippen molar-refractivity contribution in [3.63, 3.8) is 0 Å². The van der Waals surface area contributed by atoms with Crippen LogP contribution in [0.25, 0.3) is 0 Å². The number of rotatable bonds is 8. The quantitative estimate of drug-likeness (QED) is 0.772. The number of nitrogens with one attached hydrogen (secondary N) is 1. The molecule has 1 aromatic heterocycles. The second kappa shape index (κ2) is 7.36. The predicted molar refractivity (Wildman–Crippen MR) is 74.0 cm³/mol. The van der Waals surface area contributed by atoms with Crippen molar-refractivity contribution < 1.29 is 4.52 Å². The molecule has 0 aliphatic carbocycles. The summed E-state index contributed by atoms with van der Waals surface area (Å²) in [6.07, 6.45) is 2.19. The summed E-state index contributed by atoms with van der Waals surface area (Å²) in [5.41, 5.74) is 0. The van der Waals surface area contributed by atoms with Crippen LogP contribution in [0.2, 0.25) is 0 Å². The van der Waals surface area contributed by atoms with E-state index in [1.54, 1.807) is 0 Å². The maximum absolute atomic E-state index is 5.37. The van der Waals surface area contributed by atoms with Crippen molar-refractivity contribution in [3.8, 4) is 0 Å². The van der Waals surface area contributed by atoms with Gasteiger partial charge < -0.3 is 14.7 Å². The molecule has 5 heteroatoms. The molecule has 18 heavy (non-hydrogen) atoms. The lowest BCUT2D eigenvalue weighted by atomic mass is 9.99. The van der Waals surface area contributed by atoms with Gasteiger partial charge in [-0.2, -0.15) is 4.98 Å². The summed E-state index contributed by atoms with van der Waals surface area (Å²) >= 11 is 0. The van der Waals surface area contributed by atoms with Gasteiger partial charge in [-0.3, -0.25) is 0 Å². The summed E-state index contributed by atoms with van der Waals surface area (Å²) < 4.78 is 5.37. The highest BCUT2D eigenvalue weighted by molar-refractivity contribution is 5.25. The molecular weight excluding hydrogens is 228 g/mol. The summed E-state index contributed by atoms with van der Waals surface area (Å²) in [5, 5.41) is 7.55. The van der Waals surface area contributed by atoms with E-state index in [1.807, 2.05) is 11.9 Å². The Morgan fingerprint density at radius 2 is 2.06 bits per heavy atom. The molecule has 0 bridgehead atoms. The van der Waals surface area contributed by atoms with Crippen LogP contribution in [-0.2, 0) is 0 Å². The smallest absolute Gasteiger partial charge is 0.265 e. The minimum absolute atomic E-state index is 0.244. The molecule has 0 fully saturated rings. The number of hydrogen-bond donors (Lipinski definition) is 1. The Labute approximate surface area is 110 Å². The molecule has 0 radical (unpaired) electrons. The van der Waals surface area contributed by atoms with Crippen LogP contribution < -0.4 is 10.2 Å². The standard InChI is InChI=1S/C13H26N4O/c1-6-9-14-11(7-2)10(4)12-15-13(16-18-12)17(5)8-3/h10-11,14H,6-9H2,1-5H3. The van der Waals surface area contributed by atoms with Crippen LogP contribution in [0.15, 0.2) is 4.52 Å². The Kier molecular flexibility index (Phi) is 6.12. The second-order valence-electron chi connectivity index (χ2n) is 4.70. The first-order valence-electron chi connectivity index (χ1n) is 6.92. The van der Waals surface area contributed by atoms with E-state index in [9.17, 15) is 0 Å². The van der Waals surface area contributed by atoms with Gasteiger partial charge in [0.25, 0.3) is 5.95 Å². The van der Waals surface area contributed by atoms with Gasteiger partial charge >= 0.3 is 0 Å². The van der Waals surface area contributed by atoms with E-state index < -0.39 is 0 Å². The first-order valence-corrected chi connectivity index (χ1v) is 6.92. The third-order valence-corrected chi connectivity index (χ3v) is 3.34. The predicted octanol–water partition coefficient (Wildman–Crippen LogP) is 2.41. The zero-order valence-corrected chi connectivity index (χ0v) is 12.2. The molecule has 1 aromatic rings. The highest BCUT2D eigenvalue weighted by Gasteiger charge is 2.22. The zero-order valence-electron chi connectivity index (χ0n) is 12.2. The van der Waals surface area contributed by atoms with Crippen LogP contribution >= 0.6 is 0 Å². The van der Waals surface area contributed by atoms with Gasteiger partial charge in [0, 0.05) is 19.6 Å². The molecule has 0 saturated heterocycles. The average Bonchev–Trinajstić information content (AvgIpc) is 2.88. The van der Waals surface area contributed by atoms with E-state index in [-0.39, 0.29) is 5.92 Å². The van der Waals surface area contributed by atoms with Crippen molar-refractivity contribution in [2.45, 2.75) is 52.5 Å². The lowest BCUT2D eigenvalue weighted by molar-refractivity contribution is 0.319. The average molecular weight is 254 g/mol. The molecule has 2 unspecified atom stereocenters. The van der Waals surface area contributed by atoms with Crippen LogP contribution in [0.4, 0.5) is 5.95 Å². The Morgan fingerprint density at radius 1 is 1.33 bits per heavy atom. The molecule has 1 N–H and O–H groups in total. The lowest BCUT2D eigenvalue weighted by Crippen LogP contribution is -2.34. The van der Waals surface area contributed by atoms with Crippen molar-refractivity contribution in [1.82, 2.24) is 15.5 Å². The molecular formula is C13H26N4O. The highest BCUT2D eigenvalue weighted by Crippen LogP contribution is 2.21. The summed E-state index contributed by atoms with van der Waals surface area (Å²) in [6.45, 7) is 10.5. The summed E-state index contributed by atoms with van der Waals surface area (Å²) in [6, 6.07) is 0.394. The Balaban J connectivity index is 2.69. The zero-order chi connectivity index (χ0) is 13.5. The summed E-state index contributed by atoms with van der Waals surface area (Å²) in [5.74, 6) is 1.64. The topological polar surface area (TPSA) is 54.2 Å². The minimum atomic E-state index is 0.244. The molecule has 104 valence electrons. The van der Waals surface area contributed by atoms with Gasteiger partial charge in [0.1, 0.15) is 0 Å². The molecule has 0 aliphatic heterocycles. The Hall–Kier alpha value is -1.10. The fourth-order valence-corrected chi connectivity index (χ4v) is 1.88. The molecule has 0 spiro atoms. The number of nitrogens with zero attached hydrogens (tertiary/aromatic N) is 3. The van der Waals surface area contributed by atoms with Crippen molar-refractivity contribution in [2.75, 3.05) is 25.0 Å².